The molecule has 0 spiro atoms. The van der Waals surface area contributed by atoms with Gasteiger partial charge < -0.3 is 11.1 Å². The first-order valence-electron chi connectivity index (χ1n) is 5.55. The summed E-state index contributed by atoms with van der Waals surface area (Å²) in [5.41, 5.74) is 3.86. The minimum atomic E-state index is -1.46. The Morgan fingerprint density at radius 1 is 1.53 bits per heavy atom. The van der Waals surface area contributed by atoms with Crippen LogP contribution in [0.2, 0.25) is 0 Å². The monoisotopic (exact) mass is 273 g/mol. The van der Waals surface area contributed by atoms with Crippen LogP contribution in [-0.4, -0.2) is 17.4 Å². The zero-order chi connectivity index (χ0) is 14.6. The van der Waals surface area contributed by atoms with E-state index in [1.165, 1.54) is 0 Å². The first-order valence-corrected chi connectivity index (χ1v) is 5.55. The molecule has 1 unspecified atom stereocenters. The molecule has 104 valence electrons. The van der Waals surface area contributed by atoms with Crippen LogP contribution in [-0.2, 0) is 4.79 Å². The molecule has 0 aliphatic rings. The second-order valence-electron chi connectivity index (χ2n) is 3.84. The normalized spacial score (nSPS) is 12.0. The van der Waals surface area contributed by atoms with Crippen LogP contribution in [0.1, 0.15) is 13.3 Å². The summed E-state index contributed by atoms with van der Waals surface area (Å²) in [4.78, 5) is 21.5. The maximum Gasteiger partial charge on any atom is 0.296 e. The van der Waals surface area contributed by atoms with E-state index in [0.29, 0.717) is 12.5 Å². The van der Waals surface area contributed by atoms with Gasteiger partial charge >= 0.3 is 0 Å². The van der Waals surface area contributed by atoms with Crippen molar-refractivity contribution >= 4 is 17.3 Å². The molecule has 0 heterocycles. The van der Waals surface area contributed by atoms with E-state index in [2.05, 4.69) is 0 Å². The number of amides is 1. The van der Waals surface area contributed by atoms with Gasteiger partial charge in [0.25, 0.3) is 5.69 Å². The van der Waals surface area contributed by atoms with Crippen LogP contribution < -0.4 is 11.1 Å². The van der Waals surface area contributed by atoms with Gasteiger partial charge in [0.1, 0.15) is 0 Å². The van der Waals surface area contributed by atoms with Gasteiger partial charge in [-0.3, -0.25) is 14.9 Å². The van der Waals surface area contributed by atoms with Crippen LogP contribution in [0.3, 0.4) is 0 Å². The summed E-state index contributed by atoms with van der Waals surface area (Å²) in [6.07, 6.45) is 0.382. The Balaban J connectivity index is 3.15. The predicted molar refractivity (Wildman–Crippen MR) is 64.5 cm³/mol. The summed E-state index contributed by atoms with van der Waals surface area (Å²) in [5, 5.41) is 12.7. The largest absolute Gasteiger partial charge is 0.330 e. The van der Waals surface area contributed by atoms with Gasteiger partial charge in [-0.2, -0.15) is 0 Å². The molecule has 0 aromatic heterocycles. The Hall–Kier alpha value is -2.09. The van der Waals surface area contributed by atoms with Gasteiger partial charge in [0.15, 0.2) is 17.3 Å². The summed E-state index contributed by atoms with van der Waals surface area (Å²) in [5.74, 6) is -4.05. The molecule has 0 aliphatic carbocycles. The molecule has 19 heavy (non-hydrogen) atoms. The predicted octanol–water partition coefficient (Wildman–Crippen LogP) is 1.80. The topological polar surface area (TPSA) is 98.3 Å². The molecular weight excluding hydrogens is 260 g/mol. The molecule has 8 heteroatoms. The smallest absolute Gasteiger partial charge is 0.296 e. The Labute approximate surface area is 107 Å². The Kier molecular flexibility index (Phi) is 4.87. The van der Waals surface area contributed by atoms with Crippen LogP contribution in [0.4, 0.5) is 20.2 Å². The highest BCUT2D eigenvalue weighted by molar-refractivity contribution is 5.95. The van der Waals surface area contributed by atoms with Crippen molar-refractivity contribution in [2.45, 2.75) is 13.3 Å². The van der Waals surface area contributed by atoms with Crippen molar-refractivity contribution in [2.24, 2.45) is 11.7 Å². The highest BCUT2D eigenvalue weighted by atomic mass is 19.2. The number of hydrogen-bond acceptors (Lipinski definition) is 4. The number of carbonyl (C=O) groups excluding carboxylic acids is 1. The first kappa shape index (κ1) is 15.0. The molecule has 0 fully saturated rings. The summed E-state index contributed by atoms with van der Waals surface area (Å²) in [6.45, 7) is 1.69. The zero-order valence-corrected chi connectivity index (χ0v) is 10.2. The minimum Gasteiger partial charge on any atom is -0.330 e. The molecule has 0 aliphatic heterocycles. The number of rotatable bonds is 5. The van der Waals surface area contributed by atoms with Crippen LogP contribution >= 0.6 is 0 Å². The van der Waals surface area contributed by atoms with Gasteiger partial charge in [-0.15, -0.1) is 0 Å². The number of anilines is 1. The van der Waals surface area contributed by atoms with E-state index >= 15 is 0 Å². The fraction of sp³-hybridized carbons (Fsp3) is 0.364. The van der Waals surface area contributed by atoms with Crippen molar-refractivity contribution in [1.82, 2.24) is 0 Å². The lowest BCUT2D eigenvalue weighted by Gasteiger charge is -2.13. The zero-order valence-electron chi connectivity index (χ0n) is 10.2. The summed E-state index contributed by atoms with van der Waals surface area (Å²) in [7, 11) is 0. The van der Waals surface area contributed by atoms with Crippen LogP contribution in [0.25, 0.3) is 0 Å². The number of carbonyl (C=O) groups is 1. The maximum atomic E-state index is 13.5. The molecule has 0 radical (unpaired) electrons. The van der Waals surface area contributed by atoms with E-state index in [4.69, 9.17) is 5.73 Å². The number of nitrogens with two attached hydrogens (primary N) is 1. The molecule has 3 N–H and O–H groups in total. The van der Waals surface area contributed by atoms with E-state index in [1.807, 2.05) is 5.32 Å². The number of hydrogen-bond donors (Lipinski definition) is 2. The second-order valence-corrected chi connectivity index (χ2v) is 3.84. The lowest BCUT2D eigenvalue weighted by atomic mass is 10.1. The Morgan fingerprint density at radius 2 is 2.16 bits per heavy atom. The standard InChI is InChI=1S/C11H13F2N3O3/c1-2-6(5-14)11(17)15-10-8(16(18)19)4-3-7(12)9(10)13/h3-4,6H,2,5,14H2,1H3,(H,15,17). The van der Waals surface area contributed by atoms with Gasteiger partial charge in [-0.25, -0.2) is 8.78 Å². The number of benzene rings is 1. The van der Waals surface area contributed by atoms with Crippen molar-refractivity contribution in [3.63, 3.8) is 0 Å². The Bertz CT molecular complexity index is 504. The average molecular weight is 273 g/mol. The lowest BCUT2D eigenvalue weighted by molar-refractivity contribution is -0.384. The van der Waals surface area contributed by atoms with E-state index < -0.39 is 39.8 Å². The van der Waals surface area contributed by atoms with Gasteiger partial charge in [0.05, 0.1) is 10.8 Å². The number of halogens is 2. The van der Waals surface area contributed by atoms with E-state index in [0.717, 1.165) is 6.07 Å². The SMILES string of the molecule is CCC(CN)C(=O)Nc1c([N+](=O)[O-])ccc(F)c1F. The summed E-state index contributed by atoms with van der Waals surface area (Å²) in [6, 6.07) is 1.42. The quantitative estimate of drug-likeness (QED) is 0.631. The van der Waals surface area contributed by atoms with Crippen molar-refractivity contribution in [3.05, 3.63) is 33.9 Å². The van der Waals surface area contributed by atoms with E-state index in [1.54, 1.807) is 6.92 Å². The molecule has 1 rings (SSSR count). The average Bonchev–Trinajstić information content (AvgIpc) is 2.36. The van der Waals surface area contributed by atoms with Gasteiger partial charge in [-0.05, 0) is 12.5 Å². The van der Waals surface area contributed by atoms with Crippen molar-refractivity contribution in [3.8, 4) is 0 Å². The second kappa shape index (κ2) is 6.19. The maximum absolute atomic E-state index is 13.5. The number of nitro benzene ring substituents is 1. The van der Waals surface area contributed by atoms with Crippen LogP contribution in [0, 0.1) is 27.7 Å². The number of nitrogens with zero attached hydrogens (tertiary/aromatic N) is 1. The molecule has 6 nitrogen and oxygen atoms in total. The highest BCUT2D eigenvalue weighted by Gasteiger charge is 2.25. The number of nitro groups is 1. The third kappa shape index (κ3) is 3.22. The van der Waals surface area contributed by atoms with E-state index in [9.17, 15) is 23.7 Å². The number of nitrogens with one attached hydrogen (secondary N) is 1. The fourth-order valence-corrected chi connectivity index (χ4v) is 1.50. The fourth-order valence-electron chi connectivity index (χ4n) is 1.50. The van der Waals surface area contributed by atoms with Gasteiger partial charge in [0.2, 0.25) is 5.91 Å². The molecular formula is C11H13F2N3O3. The highest BCUT2D eigenvalue weighted by Crippen LogP contribution is 2.29. The van der Waals surface area contributed by atoms with Gasteiger partial charge in [-0.1, -0.05) is 6.92 Å². The van der Waals surface area contributed by atoms with E-state index in [-0.39, 0.29) is 6.54 Å². The molecule has 0 bridgehead atoms. The Morgan fingerprint density at radius 3 is 2.63 bits per heavy atom. The molecule has 1 amide bonds. The van der Waals surface area contributed by atoms with Crippen molar-refractivity contribution < 1.29 is 18.5 Å². The molecule has 1 aromatic rings. The third-order valence-electron chi connectivity index (χ3n) is 2.67. The minimum absolute atomic E-state index is 0.00701. The summed E-state index contributed by atoms with van der Waals surface area (Å²) < 4.78 is 26.6. The molecule has 0 saturated carbocycles. The summed E-state index contributed by atoms with van der Waals surface area (Å²) >= 11 is 0. The van der Waals surface area contributed by atoms with Gasteiger partial charge in [0, 0.05) is 12.6 Å². The van der Waals surface area contributed by atoms with Crippen LogP contribution in [0.5, 0.6) is 0 Å². The third-order valence-corrected chi connectivity index (χ3v) is 2.67. The van der Waals surface area contributed by atoms with Crippen molar-refractivity contribution in [2.75, 3.05) is 11.9 Å². The molecule has 1 atom stereocenters. The lowest BCUT2D eigenvalue weighted by Crippen LogP contribution is -2.29. The van der Waals surface area contributed by atoms with Crippen molar-refractivity contribution in [1.29, 1.82) is 0 Å². The first-order chi connectivity index (χ1) is 8.92. The molecule has 1 aromatic carbocycles. The molecule has 0 saturated heterocycles. The van der Waals surface area contributed by atoms with Crippen LogP contribution in [0.15, 0.2) is 12.1 Å².